The molecule has 0 saturated carbocycles. The van der Waals surface area contributed by atoms with Gasteiger partial charge in [-0.2, -0.15) is 0 Å². The molecule has 1 atom stereocenters. The Labute approximate surface area is 281 Å². The van der Waals surface area contributed by atoms with Gasteiger partial charge in [-0.3, -0.25) is 24.5 Å². The van der Waals surface area contributed by atoms with Gasteiger partial charge in [-0.1, -0.05) is 54.6 Å². The van der Waals surface area contributed by atoms with Crippen molar-refractivity contribution in [2.45, 2.75) is 10.1 Å². The van der Waals surface area contributed by atoms with Gasteiger partial charge < -0.3 is 20.7 Å². The average Bonchev–Trinajstić information content (AvgIpc) is 3.12. The standard InChI is InChI=1S/C37H30N4O6S/c1-47-31-14-8-13-29(24-31)39-37(44)34(26-9-4-2-5-10-26)48-32-21-17-28(18-22-32)38-36(43)33(40-35(42)27-11-6-3-7-12-27)23-25-15-19-30(20-16-25)41(45)46/h2-24,34H,1H3,(H,38,43)(H,39,44)(H,40,42)/b33-23-. The molecule has 0 aliphatic carbocycles. The Morgan fingerprint density at radius 3 is 2.08 bits per heavy atom. The number of anilines is 2. The predicted molar refractivity (Wildman–Crippen MR) is 187 cm³/mol. The molecule has 1 unspecified atom stereocenters. The minimum absolute atomic E-state index is 0.0606. The summed E-state index contributed by atoms with van der Waals surface area (Å²) in [6, 6.07) is 37.5. The molecular weight excluding hydrogens is 628 g/mol. The monoisotopic (exact) mass is 658 g/mol. The maximum absolute atomic E-state index is 13.5. The highest BCUT2D eigenvalue weighted by molar-refractivity contribution is 8.00. The van der Waals surface area contributed by atoms with Gasteiger partial charge in [-0.15, -0.1) is 11.8 Å². The lowest BCUT2D eigenvalue weighted by molar-refractivity contribution is -0.384. The van der Waals surface area contributed by atoms with Gasteiger partial charge in [-0.25, -0.2) is 0 Å². The van der Waals surface area contributed by atoms with Crippen LogP contribution in [0.4, 0.5) is 17.1 Å². The molecule has 0 aliphatic heterocycles. The normalized spacial score (nSPS) is 11.6. The summed E-state index contributed by atoms with van der Waals surface area (Å²) in [6.07, 6.45) is 1.44. The smallest absolute Gasteiger partial charge is 0.272 e. The molecule has 48 heavy (non-hydrogen) atoms. The Bertz CT molecular complexity index is 1930. The van der Waals surface area contributed by atoms with E-state index in [0.29, 0.717) is 28.3 Å². The average molecular weight is 659 g/mol. The van der Waals surface area contributed by atoms with Crippen molar-refractivity contribution in [3.05, 3.63) is 166 Å². The summed E-state index contributed by atoms with van der Waals surface area (Å²) in [7, 11) is 1.56. The Morgan fingerprint density at radius 2 is 1.44 bits per heavy atom. The Balaban J connectivity index is 1.33. The molecule has 3 amide bonds. The van der Waals surface area contributed by atoms with Crippen LogP contribution in [0.3, 0.4) is 0 Å². The third kappa shape index (κ3) is 8.95. The van der Waals surface area contributed by atoms with Crippen LogP contribution in [-0.2, 0) is 9.59 Å². The summed E-state index contributed by atoms with van der Waals surface area (Å²) >= 11 is 1.35. The highest BCUT2D eigenvalue weighted by Crippen LogP contribution is 2.37. The summed E-state index contributed by atoms with van der Waals surface area (Å²) in [5, 5.41) is 18.9. The molecule has 240 valence electrons. The van der Waals surface area contributed by atoms with Crippen LogP contribution >= 0.6 is 11.8 Å². The Morgan fingerprint density at radius 1 is 0.771 bits per heavy atom. The van der Waals surface area contributed by atoms with Crippen molar-refractivity contribution in [1.29, 1.82) is 0 Å². The van der Waals surface area contributed by atoms with E-state index >= 15 is 0 Å². The fourth-order valence-corrected chi connectivity index (χ4v) is 5.59. The Hall–Kier alpha value is -6.20. The first-order valence-electron chi connectivity index (χ1n) is 14.7. The molecule has 3 N–H and O–H groups in total. The zero-order chi connectivity index (χ0) is 33.9. The van der Waals surface area contributed by atoms with Crippen molar-refractivity contribution >= 4 is 52.6 Å². The fraction of sp³-hybridized carbons (Fsp3) is 0.0541. The molecule has 0 saturated heterocycles. The minimum atomic E-state index is -0.599. The van der Waals surface area contributed by atoms with E-state index in [1.807, 2.05) is 30.3 Å². The van der Waals surface area contributed by atoms with Crippen molar-refractivity contribution in [3.63, 3.8) is 0 Å². The van der Waals surface area contributed by atoms with Gasteiger partial charge in [0.2, 0.25) is 5.91 Å². The second-order valence-electron chi connectivity index (χ2n) is 10.3. The van der Waals surface area contributed by atoms with Crippen LogP contribution in [0, 0.1) is 10.1 Å². The topological polar surface area (TPSA) is 140 Å². The number of hydrogen-bond donors (Lipinski definition) is 3. The molecule has 5 aromatic carbocycles. The van der Waals surface area contributed by atoms with E-state index < -0.39 is 22.0 Å². The number of methoxy groups -OCH3 is 1. The lowest BCUT2D eigenvalue weighted by atomic mass is 10.1. The van der Waals surface area contributed by atoms with E-state index in [-0.39, 0.29) is 17.3 Å². The van der Waals surface area contributed by atoms with Gasteiger partial charge in [0.25, 0.3) is 17.5 Å². The minimum Gasteiger partial charge on any atom is -0.497 e. The van der Waals surface area contributed by atoms with E-state index in [0.717, 1.165) is 10.5 Å². The number of nitrogens with one attached hydrogen (secondary N) is 3. The van der Waals surface area contributed by atoms with Crippen LogP contribution in [0.25, 0.3) is 6.08 Å². The summed E-state index contributed by atoms with van der Waals surface area (Å²) in [6.45, 7) is 0. The molecule has 0 fully saturated rings. The van der Waals surface area contributed by atoms with Gasteiger partial charge in [0.15, 0.2) is 0 Å². The van der Waals surface area contributed by atoms with E-state index in [2.05, 4.69) is 16.0 Å². The number of non-ortho nitro benzene ring substituents is 1. The number of amides is 3. The molecule has 10 nitrogen and oxygen atoms in total. The van der Waals surface area contributed by atoms with Crippen molar-refractivity contribution in [2.75, 3.05) is 17.7 Å². The van der Waals surface area contributed by atoms with Crippen LogP contribution < -0.4 is 20.7 Å². The van der Waals surface area contributed by atoms with Crippen molar-refractivity contribution < 1.29 is 24.0 Å². The number of carbonyl (C=O) groups is 3. The third-order valence-corrected chi connectivity index (χ3v) is 8.25. The van der Waals surface area contributed by atoms with Gasteiger partial charge in [0.1, 0.15) is 16.7 Å². The maximum atomic E-state index is 13.5. The lowest BCUT2D eigenvalue weighted by Gasteiger charge is -2.18. The van der Waals surface area contributed by atoms with Crippen LogP contribution in [0.15, 0.2) is 144 Å². The number of nitrogens with zero attached hydrogens (tertiary/aromatic N) is 1. The third-order valence-electron chi connectivity index (χ3n) is 6.99. The van der Waals surface area contributed by atoms with Gasteiger partial charge in [-0.05, 0) is 77.9 Å². The van der Waals surface area contributed by atoms with E-state index in [4.69, 9.17) is 4.74 Å². The highest BCUT2D eigenvalue weighted by Gasteiger charge is 2.23. The number of thioether (sulfide) groups is 1. The SMILES string of the molecule is COc1cccc(NC(=O)C(Sc2ccc(NC(=O)/C(=C/c3ccc([N+](=O)[O-])cc3)NC(=O)c3ccccc3)cc2)c2ccccc2)c1. The van der Waals surface area contributed by atoms with Crippen LogP contribution in [0.1, 0.15) is 26.7 Å². The molecule has 5 aromatic rings. The molecule has 0 aliphatic rings. The second kappa shape index (κ2) is 15.9. The van der Waals surface area contributed by atoms with Crippen LogP contribution in [0.2, 0.25) is 0 Å². The molecule has 0 bridgehead atoms. The number of nitro groups is 1. The molecule has 0 heterocycles. The summed E-state index contributed by atoms with van der Waals surface area (Å²) in [5.41, 5.74) is 2.54. The lowest BCUT2D eigenvalue weighted by Crippen LogP contribution is -2.30. The number of benzene rings is 5. The molecular formula is C37H30N4O6S. The van der Waals surface area contributed by atoms with Gasteiger partial charge in [0.05, 0.1) is 12.0 Å². The summed E-state index contributed by atoms with van der Waals surface area (Å²) in [4.78, 5) is 51.2. The number of nitro benzene ring substituents is 1. The highest BCUT2D eigenvalue weighted by atomic mass is 32.2. The van der Waals surface area contributed by atoms with Gasteiger partial charge >= 0.3 is 0 Å². The Kier molecular flexibility index (Phi) is 11.0. The van der Waals surface area contributed by atoms with Crippen molar-refractivity contribution in [1.82, 2.24) is 5.32 Å². The second-order valence-corrected chi connectivity index (χ2v) is 11.5. The molecule has 0 spiro atoms. The quantitative estimate of drug-likeness (QED) is 0.0546. The fourth-order valence-electron chi connectivity index (χ4n) is 4.56. The van der Waals surface area contributed by atoms with Crippen LogP contribution in [0.5, 0.6) is 5.75 Å². The van der Waals surface area contributed by atoms with Crippen molar-refractivity contribution in [2.24, 2.45) is 0 Å². The van der Waals surface area contributed by atoms with Gasteiger partial charge in [0, 0.05) is 40.0 Å². The first-order valence-corrected chi connectivity index (χ1v) is 15.6. The largest absolute Gasteiger partial charge is 0.497 e. The number of ether oxygens (including phenoxy) is 1. The zero-order valence-corrected chi connectivity index (χ0v) is 26.5. The number of hydrogen-bond acceptors (Lipinski definition) is 7. The molecule has 5 rings (SSSR count). The molecule has 11 heteroatoms. The van der Waals surface area contributed by atoms with E-state index in [1.54, 1.807) is 86.0 Å². The first kappa shape index (κ1) is 33.2. The summed E-state index contributed by atoms with van der Waals surface area (Å²) < 4.78 is 5.28. The molecule has 0 aromatic heterocycles. The van der Waals surface area contributed by atoms with Crippen molar-refractivity contribution in [3.8, 4) is 5.75 Å². The van der Waals surface area contributed by atoms with E-state index in [1.165, 1.54) is 42.1 Å². The maximum Gasteiger partial charge on any atom is 0.272 e. The number of carbonyl (C=O) groups excluding carboxylic acids is 3. The first-order chi connectivity index (χ1) is 23.3. The zero-order valence-electron chi connectivity index (χ0n) is 25.7. The number of rotatable bonds is 12. The predicted octanol–water partition coefficient (Wildman–Crippen LogP) is 7.49. The van der Waals surface area contributed by atoms with E-state index in [9.17, 15) is 24.5 Å². The van der Waals surface area contributed by atoms with Crippen LogP contribution in [-0.4, -0.2) is 29.8 Å². The molecule has 0 radical (unpaired) electrons. The summed E-state index contributed by atoms with van der Waals surface area (Å²) in [5.74, 6) is -0.686.